The molecular weight excluding hydrogens is 300 g/mol. The number of para-hydroxylation sites is 1. The molecule has 3 heteroatoms. The van der Waals surface area contributed by atoms with Crippen molar-refractivity contribution in [2.75, 3.05) is 4.90 Å². The second kappa shape index (κ2) is 4.18. The monoisotopic (exact) mass is 326 g/mol. The molecule has 2 aliphatic heterocycles. The highest BCUT2D eigenvalue weighted by Gasteiger charge is 2.64. The predicted molar refractivity (Wildman–Crippen MR) is 98.3 cm³/mol. The third-order valence-electron chi connectivity index (χ3n) is 7.29. The lowest BCUT2D eigenvalue weighted by molar-refractivity contribution is 0.0671. The van der Waals surface area contributed by atoms with Gasteiger partial charge < -0.3 is 4.90 Å². The Hall–Kier alpha value is -1.35. The molecule has 0 amide bonds. The first-order chi connectivity index (χ1) is 10.7. The van der Waals surface area contributed by atoms with Crippen molar-refractivity contribution in [2.24, 2.45) is 5.41 Å². The molecule has 0 aliphatic carbocycles. The Labute approximate surface area is 143 Å². The van der Waals surface area contributed by atoms with E-state index in [2.05, 4.69) is 82.1 Å². The number of benzene rings is 1. The van der Waals surface area contributed by atoms with Crippen LogP contribution in [0.2, 0.25) is 0 Å². The third-order valence-corrected chi connectivity index (χ3v) is 8.32. The summed E-state index contributed by atoms with van der Waals surface area (Å²) in [5.41, 5.74) is 5.87. The Morgan fingerprint density at radius 3 is 2.52 bits per heavy atom. The van der Waals surface area contributed by atoms with Crippen LogP contribution < -0.4 is 4.90 Å². The zero-order chi connectivity index (χ0) is 16.8. The summed E-state index contributed by atoms with van der Waals surface area (Å²) in [5, 5.41) is 0. The van der Waals surface area contributed by atoms with Crippen molar-refractivity contribution in [3.63, 3.8) is 0 Å². The zero-order valence-electron chi connectivity index (χ0n) is 15.2. The first-order valence-electron chi connectivity index (χ1n) is 8.50. The maximum atomic E-state index is 4.54. The summed E-state index contributed by atoms with van der Waals surface area (Å²) in [6.45, 7) is 16.7. The van der Waals surface area contributed by atoms with Crippen molar-refractivity contribution in [3.05, 3.63) is 46.0 Å². The van der Waals surface area contributed by atoms with Gasteiger partial charge in [0, 0.05) is 22.9 Å². The minimum atomic E-state index is -0.0223. The zero-order valence-corrected chi connectivity index (χ0v) is 16.0. The number of rotatable bonds is 0. The predicted octanol–water partition coefficient (Wildman–Crippen LogP) is 5.57. The molecule has 0 bridgehead atoms. The Morgan fingerprint density at radius 1 is 1.13 bits per heavy atom. The molecule has 2 atom stereocenters. The van der Waals surface area contributed by atoms with E-state index in [0.717, 1.165) is 0 Å². The van der Waals surface area contributed by atoms with Crippen molar-refractivity contribution in [3.8, 4) is 0 Å². The molecule has 23 heavy (non-hydrogen) atoms. The summed E-state index contributed by atoms with van der Waals surface area (Å²) in [6, 6.07) is 7.18. The quantitative estimate of drug-likeness (QED) is 0.629. The van der Waals surface area contributed by atoms with E-state index in [9.17, 15) is 0 Å². The Bertz CT molecular complexity index is 802. The molecule has 1 aromatic carbocycles. The summed E-state index contributed by atoms with van der Waals surface area (Å²) in [6.07, 6.45) is 2.09. The van der Waals surface area contributed by atoms with Crippen LogP contribution in [0.3, 0.4) is 0 Å². The number of hydrogen-bond acceptors (Lipinski definition) is 3. The maximum absolute atomic E-state index is 4.54. The average molecular weight is 327 g/mol. The van der Waals surface area contributed by atoms with E-state index in [0.29, 0.717) is 6.04 Å². The minimum absolute atomic E-state index is 0.0223. The van der Waals surface area contributed by atoms with E-state index >= 15 is 0 Å². The largest absolute Gasteiger partial charge is 0.353 e. The number of anilines is 1. The Balaban J connectivity index is 2.15. The molecule has 2 aliphatic rings. The van der Waals surface area contributed by atoms with E-state index in [1.54, 1.807) is 11.5 Å². The molecule has 0 N–H and O–H groups in total. The van der Waals surface area contributed by atoms with Gasteiger partial charge in [0.15, 0.2) is 0 Å². The third kappa shape index (κ3) is 1.44. The fourth-order valence-electron chi connectivity index (χ4n) is 4.98. The van der Waals surface area contributed by atoms with Crippen molar-refractivity contribution in [2.45, 2.75) is 65.5 Å². The van der Waals surface area contributed by atoms with Crippen LogP contribution in [0, 0.1) is 12.3 Å². The molecule has 1 unspecified atom stereocenters. The SMILES string of the molecule is Cc1cccc2c1N1[C@@H](C)c3cnsc3C1(C)C(C)(C)C2(C)C. The molecule has 3 heterocycles. The minimum Gasteiger partial charge on any atom is -0.353 e. The van der Waals surface area contributed by atoms with Crippen LogP contribution in [0.25, 0.3) is 0 Å². The Kier molecular flexibility index (Phi) is 2.76. The fourth-order valence-corrected chi connectivity index (χ4v) is 6.11. The smallest absolute Gasteiger partial charge is 0.0802 e. The normalized spacial score (nSPS) is 29.9. The van der Waals surface area contributed by atoms with E-state index in [-0.39, 0.29) is 16.4 Å². The lowest BCUT2D eigenvalue weighted by atomic mass is 9.52. The Morgan fingerprint density at radius 2 is 1.83 bits per heavy atom. The topological polar surface area (TPSA) is 16.1 Å². The lowest BCUT2D eigenvalue weighted by Gasteiger charge is -2.62. The average Bonchev–Trinajstić information content (AvgIpc) is 3.03. The van der Waals surface area contributed by atoms with Crippen molar-refractivity contribution in [1.82, 2.24) is 4.37 Å². The van der Waals surface area contributed by atoms with Gasteiger partial charge in [-0.25, -0.2) is 4.37 Å². The standard InChI is InChI=1S/C20H26N2S/c1-12-9-8-10-15-16(12)22-13(2)14-11-21-23-17(14)20(22,7)19(5,6)18(15,3)4/h8-11,13H,1-7H3/t13-,20?/m0/s1. The molecule has 0 radical (unpaired) electrons. The highest BCUT2D eigenvalue weighted by atomic mass is 32.1. The highest BCUT2D eigenvalue weighted by Crippen LogP contribution is 2.67. The molecular formula is C20H26N2S. The van der Waals surface area contributed by atoms with Gasteiger partial charge in [-0.3, -0.25) is 0 Å². The number of hydrogen-bond donors (Lipinski definition) is 0. The van der Waals surface area contributed by atoms with Crippen LogP contribution in [0.5, 0.6) is 0 Å². The van der Waals surface area contributed by atoms with E-state index in [1.807, 2.05) is 0 Å². The summed E-state index contributed by atoms with van der Waals surface area (Å²) >= 11 is 1.69. The summed E-state index contributed by atoms with van der Waals surface area (Å²) < 4.78 is 4.54. The lowest BCUT2D eigenvalue weighted by Crippen LogP contribution is -2.61. The van der Waals surface area contributed by atoms with Crippen LogP contribution in [0.15, 0.2) is 24.4 Å². The van der Waals surface area contributed by atoms with Crippen LogP contribution >= 0.6 is 11.5 Å². The van der Waals surface area contributed by atoms with E-state index in [4.69, 9.17) is 0 Å². The van der Waals surface area contributed by atoms with Gasteiger partial charge in [0.1, 0.15) is 0 Å². The maximum Gasteiger partial charge on any atom is 0.0802 e. The van der Waals surface area contributed by atoms with Crippen LogP contribution in [0.1, 0.15) is 69.2 Å². The summed E-state index contributed by atoms with van der Waals surface area (Å²) in [7, 11) is 0. The van der Waals surface area contributed by atoms with Gasteiger partial charge in [0.2, 0.25) is 0 Å². The summed E-state index contributed by atoms with van der Waals surface area (Å²) in [5.74, 6) is 0. The number of nitrogens with zero attached hydrogens (tertiary/aromatic N) is 2. The highest BCUT2D eigenvalue weighted by molar-refractivity contribution is 7.06. The van der Waals surface area contributed by atoms with E-state index < -0.39 is 0 Å². The van der Waals surface area contributed by atoms with Crippen LogP contribution in [0.4, 0.5) is 5.69 Å². The first-order valence-corrected chi connectivity index (χ1v) is 9.27. The van der Waals surface area contributed by atoms with Crippen molar-refractivity contribution >= 4 is 17.2 Å². The fraction of sp³-hybridized carbons (Fsp3) is 0.550. The number of fused-ring (bicyclic) bond motifs is 5. The molecule has 0 saturated heterocycles. The van der Waals surface area contributed by atoms with Gasteiger partial charge >= 0.3 is 0 Å². The molecule has 2 aromatic rings. The molecule has 0 spiro atoms. The van der Waals surface area contributed by atoms with Gasteiger partial charge in [-0.1, -0.05) is 45.9 Å². The van der Waals surface area contributed by atoms with Crippen molar-refractivity contribution < 1.29 is 0 Å². The van der Waals surface area contributed by atoms with Gasteiger partial charge in [-0.15, -0.1) is 0 Å². The van der Waals surface area contributed by atoms with Gasteiger partial charge in [0.25, 0.3) is 0 Å². The molecule has 0 saturated carbocycles. The molecule has 122 valence electrons. The second-order valence-electron chi connectivity index (χ2n) is 8.45. The summed E-state index contributed by atoms with van der Waals surface area (Å²) in [4.78, 5) is 4.14. The van der Waals surface area contributed by atoms with Crippen molar-refractivity contribution in [1.29, 1.82) is 0 Å². The van der Waals surface area contributed by atoms with Crippen LogP contribution in [-0.4, -0.2) is 4.37 Å². The molecule has 4 rings (SSSR count). The van der Waals surface area contributed by atoms with E-state index in [1.165, 1.54) is 27.3 Å². The number of aryl methyl sites for hydroxylation is 1. The van der Waals surface area contributed by atoms with Gasteiger partial charge in [0.05, 0.1) is 16.5 Å². The first kappa shape index (κ1) is 15.2. The number of aromatic nitrogens is 1. The second-order valence-corrected chi connectivity index (χ2v) is 9.25. The van der Waals surface area contributed by atoms with Gasteiger partial charge in [-0.05, 0) is 48.8 Å². The van der Waals surface area contributed by atoms with Crippen LogP contribution in [-0.2, 0) is 11.0 Å². The molecule has 0 fully saturated rings. The van der Waals surface area contributed by atoms with Gasteiger partial charge in [-0.2, -0.15) is 0 Å². The molecule has 1 aromatic heterocycles. The molecule has 2 nitrogen and oxygen atoms in total.